The Hall–Kier alpha value is -1.41. The summed E-state index contributed by atoms with van der Waals surface area (Å²) in [5.41, 5.74) is 1.19. The van der Waals surface area contributed by atoms with Crippen LogP contribution in [0, 0.1) is 27.7 Å². The average Bonchev–Trinajstić information content (AvgIpc) is 2.82. The van der Waals surface area contributed by atoms with Gasteiger partial charge in [0.05, 0.1) is 5.69 Å². The average molecular weight is 301 g/mol. The number of thiazole rings is 1. The number of nitrogens with zero attached hydrogens (tertiary/aromatic N) is 3. The highest BCUT2D eigenvalue weighted by Gasteiger charge is 2.30. The Morgan fingerprint density at radius 1 is 1.16 bits per heavy atom. The third-order valence-electron chi connectivity index (χ3n) is 2.87. The lowest BCUT2D eigenvalue weighted by Gasteiger charge is -2.15. The van der Waals surface area contributed by atoms with Crippen LogP contribution in [0.15, 0.2) is 9.42 Å². The predicted molar refractivity (Wildman–Crippen MR) is 73.2 cm³/mol. The minimum Gasteiger partial charge on any atom is -0.360 e. The second-order valence-electron chi connectivity index (χ2n) is 4.26. The van der Waals surface area contributed by atoms with Crippen molar-refractivity contribution in [1.29, 1.82) is 0 Å². The van der Waals surface area contributed by atoms with E-state index >= 15 is 0 Å². The lowest BCUT2D eigenvalue weighted by Crippen LogP contribution is -2.27. The maximum Gasteiger partial charge on any atom is 0.271 e. The van der Waals surface area contributed by atoms with Gasteiger partial charge in [-0.1, -0.05) is 5.16 Å². The first kappa shape index (κ1) is 14.0. The summed E-state index contributed by atoms with van der Waals surface area (Å²) in [6.45, 7) is 6.95. The number of hydrogen-bond donors (Lipinski definition) is 0. The minimum atomic E-state index is -3.69. The van der Waals surface area contributed by atoms with Crippen molar-refractivity contribution in [2.45, 2.75) is 32.6 Å². The minimum absolute atomic E-state index is 0.112. The topological polar surface area (TPSA) is 76.3 Å². The molecule has 0 fully saturated rings. The molecule has 0 aliphatic carbocycles. The molecule has 0 saturated heterocycles. The van der Waals surface area contributed by atoms with Crippen LogP contribution in [0.3, 0.4) is 0 Å². The summed E-state index contributed by atoms with van der Waals surface area (Å²) in [4.78, 5) is 5.37. The molecule has 2 heterocycles. The summed E-state index contributed by atoms with van der Waals surface area (Å²) < 4.78 is 31.2. The molecule has 0 aliphatic heterocycles. The van der Waals surface area contributed by atoms with Crippen molar-refractivity contribution < 1.29 is 12.9 Å². The molecule has 2 rings (SSSR count). The van der Waals surface area contributed by atoms with E-state index in [4.69, 9.17) is 4.52 Å². The van der Waals surface area contributed by atoms with Gasteiger partial charge in [0.1, 0.15) is 5.69 Å². The first-order chi connectivity index (χ1) is 8.75. The maximum absolute atomic E-state index is 12.5. The molecule has 0 N–H and O–H groups in total. The maximum atomic E-state index is 12.5. The highest BCUT2D eigenvalue weighted by Crippen LogP contribution is 2.30. The van der Waals surface area contributed by atoms with E-state index in [0.29, 0.717) is 10.8 Å². The monoisotopic (exact) mass is 301 g/mol. The molecular formula is C11H15N3O3S2. The van der Waals surface area contributed by atoms with Gasteiger partial charge < -0.3 is 4.52 Å². The number of aryl methyl sites for hydroxylation is 4. The van der Waals surface area contributed by atoms with Crippen LogP contribution < -0.4 is 4.31 Å². The van der Waals surface area contributed by atoms with Gasteiger partial charge in [0.25, 0.3) is 10.0 Å². The normalized spacial score (nSPS) is 11.8. The Labute approximate surface area is 116 Å². The summed E-state index contributed by atoms with van der Waals surface area (Å²) in [6, 6.07) is 0. The van der Waals surface area contributed by atoms with E-state index < -0.39 is 10.0 Å². The zero-order valence-corrected chi connectivity index (χ0v) is 13.0. The molecule has 2 aromatic heterocycles. The standard InChI is InChI=1S/C11H15N3O3S2/c1-6-9(4)18-11(12-6)14(5)19(15,16)10-7(2)13-17-8(10)3/h1-5H3. The predicted octanol–water partition coefficient (Wildman–Crippen LogP) is 2.19. The fourth-order valence-electron chi connectivity index (χ4n) is 1.67. The summed E-state index contributed by atoms with van der Waals surface area (Å²) in [6.07, 6.45) is 0. The van der Waals surface area contributed by atoms with Crippen molar-refractivity contribution in [2.24, 2.45) is 0 Å². The van der Waals surface area contributed by atoms with Crippen LogP contribution in [0.5, 0.6) is 0 Å². The zero-order chi connectivity index (χ0) is 14.4. The molecule has 19 heavy (non-hydrogen) atoms. The summed E-state index contributed by atoms with van der Waals surface area (Å²) >= 11 is 1.34. The van der Waals surface area contributed by atoms with Crippen molar-refractivity contribution in [3.8, 4) is 0 Å². The van der Waals surface area contributed by atoms with Crippen LogP contribution >= 0.6 is 11.3 Å². The van der Waals surface area contributed by atoms with E-state index in [0.717, 1.165) is 10.6 Å². The third-order valence-corrected chi connectivity index (χ3v) is 6.13. The van der Waals surface area contributed by atoms with E-state index in [1.165, 1.54) is 22.7 Å². The van der Waals surface area contributed by atoms with Crippen molar-refractivity contribution >= 4 is 26.5 Å². The highest BCUT2D eigenvalue weighted by atomic mass is 32.2. The van der Waals surface area contributed by atoms with Crippen molar-refractivity contribution in [2.75, 3.05) is 11.4 Å². The Morgan fingerprint density at radius 2 is 1.79 bits per heavy atom. The zero-order valence-electron chi connectivity index (χ0n) is 11.4. The van der Waals surface area contributed by atoms with Crippen molar-refractivity contribution in [1.82, 2.24) is 10.1 Å². The molecular weight excluding hydrogens is 286 g/mol. The molecule has 0 saturated carbocycles. The third kappa shape index (κ3) is 2.25. The molecule has 0 bridgehead atoms. The van der Waals surface area contributed by atoms with E-state index in [1.807, 2.05) is 13.8 Å². The Morgan fingerprint density at radius 3 is 2.21 bits per heavy atom. The molecule has 104 valence electrons. The second-order valence-corrected chi connectivity index (χ2v) is 7.35. The first-order valence-corrected chi connectivity index (χ1v) is 7.86. The van der Waals surface area contributed by atoms with Crippen LogP contribution in [0.25, 0.3) is 0 Å². The van der Waals surface area contributed by atoms with Crippen LogP contribution in [0.4, 0.5) is 5.13 Å². The molecule has 0 aromatic carbocycles. The number of rotatable bonds is 3. The molecule has 0 radical (unpaired) electrons. The number of anilines is 1. The molecule has 0 atom stereocenters. The fourth-order valence-corrected chi connectivity index (χ4v) is 4.19. The number of aromatic nitrogens is 2. The lowest BCUT2D eigenvalue weighted by molar-refractivity contribution is 0.390. The molecule has 0 spiro atoms. The van der Waals surface area contributed by atoms with E-state index in [1.54, 1.807) is 13.8 Å². The number of sulfonamides is 1. The van der Waals surface area contributed by atoms with E-state index in [-0.39, 0.29) is 10.7 Å². The molecule has 8 heteroatoms. The molecule has 2 aromatic rings. The van der Waals surface area contributed by atoms with Crippen molar-refractivity contribution in [3.63, 3.8) is 0 Å². The summed E-state index contributed by atoms with van der Waals surface area (Å²) in [5.74, 6) is 0.286. The second kappa shape index (κ2) is 4.61. The molecule has 0 amide bonds. The highest BCUT2D eigenvalue weighted by molar-refractivity contribution is 7.93. The van der Waals surface area contributed by atoms with E-state index in [2.05, 4.69) is 10.1 Å². The largest absolute Gasteiger partial charge is 0.360 e. The van der Waals surface area contributed by atoms with E-state index in [9.17, 15) is 8.42 Å². The smallest absolute Gasteiger partial charge is 0.271 e. The molecule has 0 aliphatic rings. The van der Waals surface area contributed by atoms with Crippen molar-refractivity contribution in [3.05, 3.63) is 22.0 Å². The fraction of sp³-hybridized carbons (Fsp3) is 0.455. The van der Waals surface area contributed by atoms with Crippen LogP contribution in [-0.2, 0) is 10.0 Å². The van der Waals surface area contributed by atoms with Gasteiger partial charge in [0.2, 0.25) is 0 Å². The molecule has 0 unspecified atom stereocenters. The Kier molecular flexibility index (Phi) is 3.40. The van der Waals surface area contributed by atoms with Gasteiger partial charge in [0.15, 0.2) is 15.8 Å². The molecule has 6 nitrogen and oxygen atoms in total. The van der Waals surface area contributed by atoms with Gasteiger partial charge in [-0.2, -0.15) is 0 Å². The van der Waals surface area contributed by atoms with Gasteiger partial charge in [-0.15, -0.1) is 11.3 Å². The quantitative estimate of drug-likeness (QED) is 0.868. The lowest BCUT2D eigenvalue weighted by atomic mass is 10.4. The van der Waals surface area contributed by atoms with Crippen LogP contribution in [-0.4, -0.2) is 25.6 Å². The summed E-state index contributed by atoms with van der Waals surface area (Å²) in [5, 5.41) is 4.12. The van der Waals surface area contributed by atoms with Gasteiger partial charge >= 0.3 is 0 Å². The summed E-state index contributed by atoms with van der Waals surface area (Å²) in [7, 11) is -2.20. The van der Waals surface area contributed by atoms with Crippen LogP contribution in [0.2, 0.25) is 0 Å². The van der Waals surface area contributed by atoms with Gasteiger partial charge in [-0.05, 0) is 27.7 Å². The SMILES string of the molecule is Cc1nc(N(C)S(=O)(=O)c2c(C)noc2C)sc1C. The Balaban J connectivity index is 2.51. The first-order valence-electron chi connectivity index (χ1n) is 5.61. The van der Waals surface area contributed by atoms with Gasteiger partial charge in [-0.25, -0.2) is 17.7 Å². The van der Waals surface area contributed by atoms with Gasteiger partial charge in [-0.3, -0.25) is 0 Å². The van der Waals surface area contributed by atoms with Crippen LogP contribution in [0.1, 0.15) is 22.0 Å². The Bertz CT molecular complexity index is 677. The number of hydrogen-bond acceptors (Lipinski definition) is 6. The van der Waals surface area contributed by atoms with Gasteiger partial charge in [0, 0.05) is 11.9 Å².